The summed E-state index contributed by atoms with van der Waals surface area (Å²) >= 11 is 0. The lowest BCUT2D eigenvalue weighted by atomic mass is 9.96. The van der Waals surface area contributed by atoms with Crippen LogP contribution in [0.3, 0.4) is 0 Å². The molecular formula is C26H23N3O2. The van der Waals surface area contributed by atoms with E-state index in [1.165, 1.54) is 0 Å². The number of para-hydroxylation sites is 3. The molecule has 1 aromatic heterocycles. The highest BCUT2D eigenvalue weighted by atomic mass is 16.2. The van der Waals surface area contributed by atoms with Crippen molar-refractivity contribution in [3.63, 3.8) is 0 Å². The summed E-state index contributed by atoms with van der Waals surface area (Å²) in [5.41, 5.74) is 3.21. The van der Waals surface area contributed by atoms with Crippen LogP contribution in [0.5, 0.6) is 0 Å². The second-order valence-corrected chi connectivity index (χ2v) is 8.14. The molecule has 5 nitrogen and oxygen atoms in total. The summed E-state index contributed by atoms with van der Waals surface area (Å²) < 4.78 is 1.65. The maximum absolute atomic E-state index is 13.5. The fourth-order valence-corrected chi connectivity index (χ4v) is 4.49. The van der Waals surface area contributed by atoms with E-state index in [4.69, 9.17) is 4.98 Å². The molecular weight excluding hydrogens is 386 g/mol. The minimum atomic E-state index is -0.373. The summed E-state index contributed by atoms with van der Waals surface area (Å²) in [6.07, 6.45) is 0.355. The number of benzene rings is 3. The maximum Gasteiger partial charge on any atom is 0.265 e. The SMILES string of the molecule is CC(C)N1C(=O)[C@H](Cc2nc3ccccc3c(=O)n2-c2ccccc2)c2ccccc21. The zero-order chi connectivity index (χ0) is 21.5. The molecule has 1 amide bonds. The summed E-state index contributed by atoms with van der Waals surface area (Å²) in [4.78, 5) is 33.6. The van der Waals surface area contributed by atoms with Crippen molar-refractivity contribution in [3.05, 3.63) is 101 Å². The molecule has 3 aromatic carbocycles. The van der Waals surface area contributed by atoms with E-state index >= 15 is 0 Å². The van der Waals surface area contributed by atoms with E-state index in [9.17, 15) is 9.59 Å². The van der Waals surface area contributed by atoms with Crippen molar-refractivity contribution in [1.29, 1.82) is 0 Å². The normalized spacial score (nSPS) is 15.6. The lowest BCUT2D eigenvalue weighted by Gasteiger charge is -2.22. The zero-order valence-electron chi connectivity index (χ0n) is 17.5. The van der Waals surface area contributed by atoms with Crippen molar-refractivity contribution >= 4 is 22.5 Å². The highest BCUT2D eigenvalue weighted by molar-refractivity contribution is 6.05. The molecule has 154 valence electrons. The van der Waals surface area contributed by atoms with E-state index < -0.39 is 0 Å². The quantitative estimate of drug-likeness (QED) is 0.500. The number of fused-ring (bicyclic) bond motifs is 2. The average Bonchev–Trinajstić information content (AvgIpc) is 3.06. The topological polar surface area (TPSA) is 55.2 Å². The molecule has 0 saturated carbocycles. The molecule has 1 atom stereocenters. The molecule has 2 heterocycles. The number of amides is 1. The smallest absolute Gasteiger partial charge is 0.265 e. The van der Waals surface area contributed by atoms with Crippen LogP contribution in [-0.4, -0.2) is 21.5 Å². The number of carbonyl (C=O) groups excluding carboxylic acids is 1. The molecule has 5 heteroatoms. The van der Waals surface area contributed by atoms with Gasteiger partial charge >= 0.3 is 0 Å². The first-order valence-electron chi connectivity index (χ1n) is 10.5. The number of hydrogen-bond acceptors (Lipinski definition) is 3. The number of hydrogen-bond donors (Lipinski definition) is 0. The van der Waals surface area contributed by atoms with Crippen LogP contribution in [0.25, 0.3) is 16.6 Å². The summed E-state index contributed by atoms with van der Waals surface area (Å²) in [7, 11) is 0. The van der Waals surface area contributed by atoms with Crippen LogP contribution in [0.4, 0.5) is 5.69 Å². The molecule has 1 aliphatic rings. The second kappa shape index (κ2) is 7.51. The molecule has 0 spiro atoms. The van der Waals surface area contributed by atoms with Crippen LogP contribution in [0.2, 0.25) is 0 Å². The van der Waals surface area contributed by atoms with Gasteiger partial charge in [0.25, 0.3) is 5.56 Å². The van der Waals surface area contributed by atoms with Gasteiger partial charge in [-0.2, -0.15) is 0 Å². The number of nitrogens with zero attached hydrogens (tertiary/aromatic N) is 3. The summed E-state index contributed by atoms with van der Waals surface area (Å²) in [5, 5.41) is 0.567. The van der Waals surface area contributed by atoms with E-state index in [0.717, 1.165) is 16.9 Å². The molecule has 0 fully saturated rings. The Morgan fingerprint density at radius 3 is 2.32 bits per heavy atom. The van der Waals surface area contributed by atoms with E-state index in [-0.39, 0.29) is 23.4 Å². The van der Waals surface area contributed by atoms with Crippen LogP contribution < -0.4 is 10.5 Å². The predicted octanol–water partition coefficient (Wildman–Crippen LogP) is 4.47. The maximum atomic E-state index is 13.5. The van der Waals surface area contributed by atoms with Crippen LogP contribution >= 0.6 is 0 Å². The highest BCUT2D eigenvalue weighted by Crippen LogP contribution is 2.40. The van der Waals surface area contributed by atoms with Crippen molar-refractivity contribution in [1.82, 2.24) is 9.55 Å². The van der Waals surface area contributed by atoms with Crippen LogP contribution in [0.15, 0.2) is 83.7 Å². The number of rotatable bonds is 4. The molecule has 0 unspecified atom stereocenters. The molecule has 5 rings (SSSR count). The molecule has 0 radical (unpaired) electrons. The Labute approximate surface area is 180 Å². The van der Waals surface area contributed by atoms with Crippen LogP contribution in [-0.2, 0) is 11.2 Å². The Hall–Kier alpha value is -3.73. The van der Waals surface area contributed by atoms with Gasteiger partial charge in [-0.05, 0) is 49.7 Å². The lowest BCUT2D eigenvalue weighted by Crippen LogP contribution is -2.36. The Bertz CT molecular complexity index is 1340. The van der Waals surface area contributed by atoms with E-state index in [2.05, 4.69) is 0 Å². The van der Waals surface area contributed by atoms with Gasteiger partial charge in [-0.25, -0.2) is 4.98 Å². The number of carbonyl (C=O) groups is 1. The molecule has 0 N–H and O–H groups in total. The van der Waals surface area contributed by atoms with Crippen LogP contribution in [0.1, 0.15) is 31.2 Å². The monoisotopic (exact) mass is 409 g/mol. The Morgan fingerprint density at radius 2 is 1.55 bits per heavy atom. The molecule has 4 aromatic rings. The van der Waals surface area contributed by atoms with E-state index in [1.807, 2.05) is 91.5 Å². The fraction of sp³-hybridized carbons (Fsp3) is 0.192. The molecule has 0 saturated heterocycles. The molecule has 0 aliphatic carbocycles. The van der Waals surface area contributed by atoms with E-state index in [1.54, 1.807) is 10.6 Å². The zero-order valence-corrected chi connectivity index (χ0v) is 17.5. The largest absolute Gasteiger partial charge is 0.309 e. The first-order chi connectivity index (χ1) is 15.1. The van der Waals surface area contributed by atoms with E-state index in [0.29, 0.717) is 23.1 Å². The number of anilines is 1. The standard InChI is InChI=1S/C26H23N3O2/c1-17(2)28-23-15-9-7-12-19(23)21(26(28)31)16-24-27-22-14-8-6-13-20(22)25(30)29(24)18-10-4-3-5-11-18/h3-15,17,21H,16H2,1-2H3/t21-/m1/s1. The third-order valence-corrected chi connectivity index (χ3v) is 5.87. The third kappa shape index (κ3) is 3.13. The molecule has 0 bridgehead atoms. The van der Waals surface area contributed by atoms with Crippen molar-refractivity contribution in [2.75, 3.05) is 4.90 Å². The van der Waals surface area contributed by atoms with Crippen molar-refractivity contribution in [2.45, 2.75) is 32.2 Å². The van der Waals surface area contributed by atoms with Crippen molar-refractivity contribution < 1.29 is 4.79 Å². The average molecular weight is 409 g/mol. The minimum absolute atomic E-state index is 0.0539. The summed E-state index contributed by atoms with van der Waals surface area (Å²) in [5.74, 6) is 0.272. The van der Waals surface area contributed by atoms with Gasteiger partial charge in [-0.1, -0.05) is 48.5 Å². The van der Waals surface area contributed by atoms with Crippen molar-refractivity contribution in [2.24, 2.45) is 0 Å². The fourth-order valence-electron chi connectivity index (χ4n) is 4.49. The lowest BCUT2D eigenvalue weighted by molar-refractivity contribution is -0.119. The van der Waals surface area contributed by atoms with Gasteiger partial charge in [0.2, 0.25) is 5.91 Å². The third-order valence-electron chi connectivity index (χ3n) is 5.87. The first-order valence-corrected chi connectivity index (χ1v) is 10.5. The van der Waals surface area contributed by atoms with Crippen molar-refractivity contribution in [3.8, 4) is 5.69 Å². The number of aromatic nitrogens is 2. The minimum Gasteiger partial charge on any atom is -0.309 e. The first kappa shape index (κ1) is 19.2. The Balaban J connectivity index is 1.70. The van der Waals surface area contributed by atoms with Gasteiger partial charge in [0.15, 0.2) is 0 Å². The Kier molecular flexibility index (Phi) is 4.66. The molecule has 1 aliphatic heterocycles. The van der Waals surface area contributed by atoms with Gasteiger partial charge in [0.05, 0.1) is 22.5 Å². The summed E-state index contributed by atoms with van der Waals surface area (Å²) in [6.45, 7) is 4.04. The van der Waals surface area contributed by atoms with Gasteiger partial charge in [-0.15, -0.1) is 0 Å². The summed E-state index contributed by atoms with van der Waals surface area (Å²) in [6, 6.07) is 24.8. The van der Waals surface area contributed by atoms with Gasteiger partial charge in [0, 0.05) is 18.2 Å². The van der Waals surface area contributed by atoms with Crippen LogP contribution in [0, 0.1) is 0 Å². The second-order valence-electron chi connectivity index (χ2n) is 8.14. The molecule has 31 heavy (non-hydrogen) atoms. The Morgan fingerprint density at radius 1 is 0.871 bits per heavy atom. The van der Waals surface area contributed by atoms with Gasteiger partial charge < -0.3 is 4.90 Å². The van der Waals surface area contributed by atoms with Gasteiger partial charge in [0.1, 0.15) is 5.82 Å². The predicted molar refractivity (Wildman–Crippen MR) is 123 cm³/mol. The van der Waals surface area contributed by atoms with Gasteiger partial charge in [-0.3, -0.25) is 14.2 Å². The highest BCUT2D eigenvalue weighted by Gasteiger charge is 2.39.